The van der Waals surface area contributed by atoms with Gasteiger partial charge in [-0.05, 0) is 22.0 Å². The molecule has 4 rings (SSSR count). The third-order valence-corrected chi connectivity index (χ3v) is 10.6. The molecule has 1 aliphatic rings. The van der Waals surface area contributed by atoms with Crippen molar-refractivity contribution in [2.75, 3.05) is 0 Å². The molecule has 0 nitrogen and oxygen atoms in total. The van der Waals surface area contributed by atoms with Crippen molar-refractivity contribution in [3.05, 3.63) is 115 Å². The molecule has 0 spiro atoms. The normalized spacial score (nSPS) is 16.5. The van der Waals surface area contributed by atoms with Crippen LogP contribution in [0.5, 0.6) is 0 Å². The molecule has 1 heteroatoms. The Morgan fingerprint density at radius 1 is 0.654 bits per heavy atom. The van der Waals surface area contributed by atoms with Gasteiger partial charge >= 0.3 is 0 Å². The molecule has 26 heavy (non-hydrogen) atoms. The van der Waals surface area contributed by atoms with Gasteiger partial charge in [-0.15, -0.1) is 0 Å². The van der Waals surface area contributed by atoms with Crippen LogP contribution in [0.2, 0.25) is 5.54 Å². The smallest absolute Gasteiger partial charge is 0.0790 e. The lowest BCUT2D eigenvalue weighted by Gasteiger charge is -2.37. The van der Waals surface area contributed by atoms with Crippen LogP contribution in [-0.2, 0) is 0 Å². The van der Waals surface area contributed by atoms with Crippen molar-refractivity contribution in [2.24, 2.45) is 0 Å². The summed E-state index contributed by atoms with van der Waals surface area (Å²) in [6.07, 6.45) is 8.38. The highest BCUT2D eigenvalue weighted by Gasteiger charge is 2.45. The first-order valence-corrected chi connectivity index (χ1v) is 11.5. The lowest BCUT2D eigenvalue weighted by molar-refractivity contribution is 1.15. The molecule has 0 saturated heterocycles. The fraction of sp³-hybridized carbons (Fsp3) is 0.120. The number of benzene rings is 3. The summed E-state index contributed by atoms with van der Waals surface area (Å²) < 4.78 is 0. The molecule has 0 bridgehead atoms. The molecule has 1 atom stereocenters. The zero-order chi connectivity index (χ0) is 17.8. The van der Waals surface area contributed by atoms with Crippen LogP contribution in [0.1, 0.15) is 13.3 Å². The van der Waals surface area contributed by atoms with Crippen LogP contribution < -0.4 is 15.6 Å². The summed E-state index contributed by atoms with van der Waals surface area (Å²) in [6.45, 7) is 2.25. The standard InChI is InChI=1S/C25H24Si/c1-2-21-18-19-25(20-21)26(22-12-6-3-7-13-22,23-14-8-4-9-15-23)24-16-10-5-11-17-24/h3-20,25H,2H2,1H3. The summed E-state index contributed by atoms with van der Waals surface area (Å²) in [6, 6.07) is 33.5. The monoisotopic (exact) mass is 352 g/mol. The molecule has 3 aromatic carbocycles. The molecule has 0 amide bonds. The maximum atomic E-state index is 2.51. The molecule has 3 aromatic rings. The lowest BCUT2D eigenvalue weighted by Crippen LogP contribution is -2.69. The zero-order valence-corrected chi connectivity index (χ0v) is 16.2. The third-order valence-electron chi connectivity index (χ3n) is 5.51. The molecule has 0 radical (unpaired) electrons. The molecule has 0 aliphatic heterocycles. The predicted octanol–water partition coefficient (Wildman–Crippen LogP) is 4.43. The highest BCUT2D eigenvalue weighted by atomic mass is 28.3. The molecular formula is C25H24Si. The summed E-state index contributed by atoms with van der Waals surface area (Å²) >= 11 is 0. The van der Waals surface area contributed by atoms with E-state index in [1.54, 1.807) is 0 Å². The van der Waals surface area contributed by atoms with Gasteiger partial charge in [0.15, 0.2) is 8.07 Å². The molecule has 0 saturated carbocycles. The summed E-state index contributed by atoms with van der Waals surface area (Å²) in [5.74, 6) is 0. The predicted molar refractivity (Wildman–Crippen MR) is 115 cm³/mol. The van der Waals surface area contributed by atoms with Gasteiger partial charge in [0.05, 0.1) is 0 Å². The molecule has 1 unspecified atom stereocenters. The van der Waals surface area contributed by atoms with Gasteiger partial charge in [-0.3, -0.25) is 0 Å². The van der Waals surface area contributed by atoms with Gasteiger partial charge in [0.1, 0.15) is 0 Å². The van der Waals surface area contributed by atoms with Crippen LogP contribution in [0.25, 0.3) is 0 Å². The molecule has 0 N–H and O–H groups in total. The van der Waals surface area contributed by atoms with Crippen molar-refractivity contribution in [3.63, 3.8) is 0 Å². The van der Waals surface area contributed by atoms with E-state index < -0.39 is 8.07 Å². The largest absolute Gasteiger partial charge is 0.158 e. The Hall–Kier alpha value is -2.64. The van der Waals surface area contributed by atoms with Gasteiger partial charge < -0.3 is 0 Å². The van der Waals surface area contributed by atoms with E-state index in [9.17, 15) is 0 Å². The topological polar surface area (TPSA) is 0 Å². The SMILES string of the molecule is CCC1=CC([Si](c2ccccc2)(c2ccccc2)c2ccccc2)C=C1. The molecule has 0 fully saturated rings. The second kappa shape index (κ2) is 7.31. The van der Waals surface area contributed by atoms with Crippen LogP contribution in [-0.4, -0.2) is 8.07 Å². The Morgan fingerprint density at radius 3 is 1.42 bits per heavy atom. The summed E-state index contributed by atoms with van der Waals surface area (Å²) in [5.41, 5.74) is 1.89. The van der Waals surface area contributed by atoms with Crippen LogP contribution in [0.3, 0.4) is 0 Å². The number of hydrogen-bond donors (Lipinski definition) is 0. The van der Waals surface area contributed by atoms with Crippen molar-refractivity contribution in [3.8, 4) is 0 Å². The molecule has 0 heterocycles. The minimum absolute atomic E-state index is 0.435. The van der Waals surface area contributed by atoms with Gasteiger partial charge in [0, 0.05) is 5.54 Å². The average Bonchev–Trinajstić information content (AvgIpc) is 3.21. The Bertz CT molecular complexity index is 811. The first-order valence-electron chi connectivity index (χ1n) is 9.41. The first kappa shape index (κ1) is 16.8. The second-order valence-electron chi connectivity index (χ2n) is 6.89. The molecular weight excluding hydrogens is 328 g/mol. The van der Waals surface area contributed by atoms with Crippen LogP contribution in [0.15, 0.2) is 115 Å². The van der Waals surface area contributed by atoms with E-state index in [0.717, 1.165) is 6.42 Å². The van der Waals surface area contributed by atoms with E-state index in [1.165, 1.54) is 21.1 Å². The first-order chi connectivity index (χ1) is 12.9. The Balaban J connectivity index is 2.05. The zero-order valence-electron chi connectivity index (χ0n) is 15.2. The fourth-order valence-electron chi connectivity index (χ4n) is 4.25. The van der Waals surface area contributed by atoms with Crippen molar-refractivity contribution in [1.82, 2.24) is 0 Å². The van der Waals surface area contributed by atoms with Gasteiger partial charge in [0.25, 0.3) is 0 Å². The van der Waals surface area contributed by atoms with E-state index in [0.29, 0.717) is 5.54 Å². The number of allylic oxidation sites excluding steroid dienone is 4. The third kappa shape index (κ3) is 2.79. The Labute approximate surface area is 157 Å². The van der Waals surface area contributed by atoms with Crippen LogP contribution in [0, 0.1) is 0 Å². The summed E-state index contributed by atoms with van der Waals surface area (Å²) in [5, 5.41) is 4.42. The quantitative estimate of drug-likeness (QED) is 0.471. The van der Waals surface area contributed by atoms with E-state index in [4.69, 9.17) is 0 Å². The van der Waals surface area contributed by atoms with E-state index in [-0.39, 0.29) is 0 Å². The van der Waals surface area contributed by atoms with Gasteiger partial charge in [-0.25, -0.2) is 0 Å². The average molecular weight is 353 g/mol. The summed E-state index contributed by atoms with van der Waals surface area (Å²) in [4.78, 5) is 0. The van der Waals surface area contributed by atoms with Gasteiger partial charge in [-0.2, -0.15) is 0 Å². The van der Waals surface area contributed by atoms with Crippen molar-refractivity contribution >= 4 is 23.6 Å². The Morgan fingerprint density at radius 2 is 1.08 bits per heavy atom. The van der Waals surface area contributed by atoms with Crippen molar-refractivity contribution < 1.29 is 0 Å². The number of rotatable bonds is 5. The molecule has 1 aliphatic carbocycles. The van der Waals surface area contributed by atoms with Crippen molar-refractivity contribution in [1.29, 1.82) is 0 Å². The summed E-state index contributed by atoms with van der Waals surface area (Å²) in [7, 11) is -2.21. The Kier molecular flexibility index (Phi) is 4.72. The van der Waals surface area contributed by atoms with E-state index in [2.05, 4.69) is 116 Å². The maximum Gasteiger partial charge on any atom is 0.158 e. The highest BCUT2D eigenvalue weighted by Crippen LogP contribution is 2.32. The molecule has 0 aromatic heterocycles. The number of hydrogen-bond acceptors (Lipinski definition) is 0. The minimum atomic E-state index is -2.21. The van der Waals surface area contributed by atoms with E-state index in [1.807, 2.05) is 0 Å². The minimum Gasteiger partial charge on any atom is -0.0790 e. The van der Waals surface area contributed by atoms with Crippen molar-refractivity contribution in [2.45, 2.75) is 18.9 Å². The van der Waals surface area contributed by atoms with Crippen LogP contribution in [0.4, 0.5) is 0 Å². The second-order valence-corrected chi connectivity index (χ2v) is 10.9. The fourth-order valence-corrected chi connectivity index (χ4v) is 9.41. The van der Waals surface area contributed by atoms with E-state index >= 15 is 0 Å². The van der Waals surface area contributed by atoms with Crippen LogP contribution >= 0.6 is 0 Å². The molecule has 128 valence electrons. The van der Waals surface area contributed by atoms with Gasteiger partial charge in [-0.1, -0.05) is 122 Å². The maximum absolute atomic E-state index is 2.51. The van der Waals surface area contributed by atoms with Gasteiger partial charge in [0.2, 0.25) is 0 Å². The highest BCUT2D eigenvalue weighted by molar-refractivity contribution is 7.13. The lowest BCUT2D eigenvalue weighted by atomic mass is 10.2.